The Labute approximate surface area is 194 Å². The number of alkyl halides is 3. The van der Waals surface area contributed by atoms with Gasteiger partial charge < -0.3 is 5.32 Å². The summed E-state index contributed by atoms with van der Waals surface area (Å²) in [6.45, 7) is 5.21. The third kappa shape index (κ3) is 5.48. The molecule has 5 nitrogen and oxygen atoms in total. The lowest BCUT2D eigenvalue weighted by atomic mass is 10.1. The maximum atomic E-state index is 13.1. The summed E-state index contributed by atoms with van der Waals surface area (Å²) in [4.78, 5) is 12.5. The largest absolute Gasteiger partial charge is 0.417 e. The second kappa shape index (κ2) is 9.07. The maximum Gasteiger partial charge on any atom is 0.417 e. The molecule has 0 aliphatic rings. The Bertz CT molecular complexity index is 1340. The Hall–Kier alpha value is -3.04. The lowest BCUT2D eigenvalue weighted by Crippen LogP contribution is -2.18. The topological polar surface area (TPSA) is 75.3 Å². The molecule has 0 bridgehead atoms. The highest BCUT2D eigenvalue weighted by Crippen LogP contribution is 2.36. The van der Waals surface area contributed by atoms with Crippen LogP contribution >= 0.6 is 11.6 Å². The van der Waals surface area contributed by atoms with Crippen LogP contribution in [0.1, 0.15) is 32.6 Å². The number of nitrogens with one attached hydrogen (secondary N) is 2. The van der Waals surface area contributed by atoms with Gasteiger partial charge in [0, 0.05) is 11.3 Å². The average molecular weight is 497 g/mol. The highest BCUT2D eigenvalue weighted by molar-refractivity contribution is 7.92. The molecule has 0 radical (unpaired) electrons. The number of hydrogen-bond acceptors (Lipinski definition) is 3. The second-order valence-electron chi connectivity index (χ2n) is 7.48. The number of carbonyl (C=O) groups is 1. The molecule has 3 aromatic carbocycles. The van der Waals surface area contributed by atoms with E-state index in [4.69, 9.17) is 11.6 Å². The summed E-state index contributed by atoms with van der Waals surface area (Å²) >= 11 is 5.60. The van der Waals surface area contributed by atoms with Crippen molar-refractivity contribution in [1.29, 1.82) is 0 Å². The summed E-state index contributed by atoms with van der Waals surface area (Å²) in [5.41, 5.74) is 1.21. The van der Waals surface area contributed by atoms with Gasteiger partial charge in [-0.2, -0.15) is 13.2 Å². The first-order valence-electron chi connectivity index (χ1n) is 9.67. The molecule has 0 aliphatic heterocycles. The zero-order valence-corrected chi connectivity index (χ0v) is 19.4. The molecule has 0 saturated heterocycles. The molecule has 174 valence electrons. The molecular weight excluding hydrogens is 477 g/mol. The molecule has 0 atom stereocenters. The second-order valence-corrected chi connectivity index (χ2v) is 9.54. The van der Waals surface area contributed by atoms with E-state index in [9.17, 15) is 26.4 Å². The van der Waals surface area contributed by atoms with Crippen LogP contribution in [0.2, 0.25) is 5.02 Å². The van der Waals surface area contributed by atoms with E-state index in [0.717, 1.165) is 17.2 Å². The van der Waals surface area contributed by atoms with E-state index in [-0.39, 0.29) is 16.1 Å². The quantitative estimate of drug-likeness (QED) is 0.433. The van der Waals surface area contributed by atoms with E-state index in [0.29, 0.717) is 17.3 Å². The molecule has 33 heavy (non-hydrogen) atoms. The minimum atomic E-state index is -4.69. The molecular formula is C23H20ClF3N2O3S. The van der Waals surface area contributed by atoms with E-state index in [1.807, 2.05) is 13.0 Å². The van der Waals surface area contributed by atoms with Crippen LogP contribution in [-0.2, 0) is 16.2 Å². The van der Waals surface area contributed by atoms with Crippen molar-refractivity contribution in [2.45, 2.75) is 31.8 Å². The summed E-state index contributed by atoms with van der Waals surface area (Å²) in [5.74, 6) is -0.770. The summed E-state index contributed by atoms with van der Waals surface area (Å²) in [6.07, 6.45) is -4.69. The first-order chi connectivity index (χ1) is 15.3. The molecule has 0 fully saturated rings. The van der Waals surface area contributed by atoms with Crippen molar-refractivity contribution < 1.29 is 26.4 Å². The molecule has 3 rings (SSSR count). The number of anilines is 2. The van der Waals surface area contributed by atoms with Crippen LogP contribution in [0.4, 0.5) is 24.5 Å². The zero-order chi connectivity index (χ0) is 24.6. The molecule has 0 saturated carbocycles. The minimum absolute atomic E-state index is 0.0366. The van der Waals surface area contributed by atoms with Crippen LogP contribution in [0.25, 0.3) is 0 Å². The zero-order valence-electron chi connectivity index (χ0n) is 17.8. The van der Waals surface area contributed by atoms with Crippen molar-refractivity contribution >= 4 is 38.9 Å². The van der Waals surface area contributed by atoms with Gasteiger partial charge >= 0.3 is 6.18 Å². The molecule has 10 heteroatoms. The number of aryl methyl sites for hydroxylation is 2. The van der Waals surface area contributed by atoms with E-state index < -0.39 is 32.7 Å². The van der Waals surface area contributed by atoms with Gasteiger partial charge in [-0.15, -0.1) is 0 Å². The normalized spacial score (nSPS) is 11.8. The molecule has 3 aromatic rings. The fraction of sp³-hybridized carbons (Fsp3) is 0.174. The van der Waals surface area contributed by atoms with Crippen LogP contribution in [-0.4, -0.2) is 14.3 Å². The summed E-state index contributed by atoms with van der Waals surface area (Å²) < 4.78 is 67.8. The fourth-order valence-electron chi connectivity index (χ4n) is 3.12. The van der Waals surface area contributed by atoms with E-state index in [2.05, 4.69) is 10.0 Å². The third-order valence-electron chi connectivity index (χ3n) is 5.12. The predicted molar refractivity (Wildman–Crippen MR) is 122 cm³/mol. The maximum absolute atomic E-state index is 13.1. The first-order valence-corrected chi connectivity index (χ1v) is 11.5. The number of carbonyl (C=O) groups excluding carboxylic acids is 1. The Morgan fingerprint density at radius 2 is 1.64 bits per heavy atom. The number of amides is 1. The van der Waals surface area contributed by atoms with Crippen LogP contribution in [0.3, 0.4) is 0 Å². The van der Waals surface area contributed by atoms with Crippen LogP contribution < -0.4 is 10.0 Å². The summed E-state index contributed by atoms with van der Waals surface area (Å²) in [6, 6.07) is 12.2. The number of sulfonamides is 1. The van der Waals surface area contributed by atoms with Gasteiger partial charge in [-0.25, -0.2) is 8.42 Å². The average Bonchev–Trinajstić information content (AvgIpc) is 2.72. The smallest absolute Gasteiger partial charge is 0.322 e. The Morgan fingerprint density at radius 3 is 2.30 bits per heavy atom. The van der Waals surface area contributed by atoms with Crippen molar-refractivity contribution in [3.63, 3.8) is 0 Å². The minimum Gasteiger partial charge on any atom is -0.322 e. The molecule has 2 N–H and O–H groups in total. The van der Waals surface area contributed by atoms with Crippen molar-refractivity contribution in [2.75, 3.05) is 10.0 Å². The predicted octanol–water partition coefficient (Wildman–Crippen LogP) is 6.34. The highest BCUT2D eigenvalue weighted by Gasteiger charge is 2.33. The summed E-state index contributed by atoms with van der Waals surface area (Å²) in [5, 5.41) is 1.85. The number of rotatable bonds is 5. The van der Waals surface area contributed by atoms with Gasteiger partial charge in [0.1, 0.15) is 0 Å². The molecule has 0 aliphatic carbocycles. The van der Waals surface area contributed by atoms with Gasteiger partial charge in [0.25, 0.3) is 15.9 Å². The number of halogens is 4. The van der Waals surface area contributed by atoms with Gasteiger partial charge in [0.15, 0.2) is 0 Å². The van der Waals surface area contributed by atoms with Crippen LogP contribution in [0.5, 0.6) is 0 Å². The van der Waals surface area contributed by atoms with Gasteiger partial charge in [-0.1, -0.05) is 29.8 Å². The van der Waals surface area contributed by atoms with Crippen LogP contribution in [0.15, 0.2) is 59.5 Å². The molecule has 0 unspecified atom stereocenters. The molecule has 0 aromatic heterocycles. The summed E-state index contributed by atoms with van der Waals surface area (Å²) in [7, 11) is -4.04. The van der Waals surface area contributed by atoms with Gasteiger partial charge in [0.2, 0.25) is 0 Å². The Balaban J connectivity index is 1.91. The van der Waals surface area contributed by atoms with E-state index >= 15 is 0 Å². The van der Waals surface area contributed by atoms with E-state index in [1.54, 1.807) is 26.0 Å². The lowest BCUT2D eigenvalue weighted by molar-refractivity contribution is -0.137. The SMILES string of the molecule is Cc1ccc(C(=O)Nc2ccc(Cl)c(C(F)(F)F)c2)cc1S(=O)(=O)Nc1cccc(C)c1C. The van der Waals surface area contributed by atoms with Crippen molar-refractivity contribution in [1.82, 2.24) is 0 Å². The Morgan fingerprint density at radius 1 is 0.939 bits per heavy atom. The molecule has 1 amide bonds. The van der Waals surface area contributed by atoms with Crippen molar-refractivity contribution in [3.05, 3.63) is 87.4 Å². The fourth-order valence-corrected chi connectivity index (χ4v) is 4.74. The van der Waals surface area contributed by atoms with Gasteiger partial charge in [0.05, 0.1) is 21.2 Å². The first kappa shape index (κ1) is 24.6. The molecule has 0 spiro atoms. The van der Waals surface area contributed by atoms with E-state index in [1.165, 1.54) is 24.3 Å². The van der Waals surface area contributed by atoms with Crippen molar-refractivity contribution in [2.24, 2.45) is 0 Å². The van der Waals surface area contributed by atoms with Crippen LogP contribution in [0, 0.1) is 20.8 Å². The van der Waals surface area contributed by atoms with Crippen molar-refractivity contribution in [3.8, 4) is 0 Å². The molecule has 0 heterocycles. The van der Waals surface area contributed by atoms with Gasteiger partial charge in [-0.3, -0.25) is 9.52 Å². The third-order valence-corrected chi connectivity index (χ3v) is 6.96. The number of hydrogen-bond donors (Lipinski definition) is 2. The monoisotopic (exact) mass is 496 g/mol. The standard InChI is InChI=1S/C23H20ClF3N2O3S/c1-13-5-4-6-20(15(13)3)29-33(31,32)21-11-16(8-7-14(21)2)22(30)28-17-9-10-19(24)18(12-17)23(25,26)27/h4-12,29H,1-3H3,(H,28,30). The lowest BCUT2D eigenvalue weighted by Gasteiger charge is -2.15. The Kier molecular flexibility index (Phi) is 6.76. The van der Waals surface area contributed by atoms with Gasteiger partial charge in [-0.05, 0) is 73.9 Å². The number of benzene rings is 3. The highest BCUT2D eigenvalue weighted by atomic mass is 35.5.